The van der Waals surface area contributed by atoms with Crippen molar-refractivity contribution in [1.82, 2.24) is 10.2 Å². The fourth-order valence-corrected chi connectivity index (χ4v) is 3.20. The van der Waals surface area contributed by atoms with E-state index in [1.165, 1.54) is 11.0 Å². The second kappa shape index (κ2) is 6.98. The van der Waals surface area contributed by atoms with Crippen LogP contribution in [0.5, 0.6) is 0 Å². The largest absolute Gasteiger partial charge is 0.457 e. The molecule has 3 rings (SSSR count). The maximum atomic E-state index is 12.6. The minimum Gasteiger partial charge on any atom is -0.457 e. The fraction of sp³-hybridized carbons (Fsp3) is 0.400. The number of piperidine rings is 1. The summed E-state index contributed by atoms with van der Waals surface area (Å²) in [5, 5.41) is 2.28. The summed E-state index contributed by atoms with van der Waals surface area (Å²) in [6, 6.07) is 4.62. The van der Waals surface area contributed by atoms with Crippen LogP contribution in [-0.4, -0.2) is 40.2 Å². The first-order valence-corrected chi connectivity index (χ1v) is 8.83. The Kier molecular flexibility index (Phi) is 4.87. The van der Waals surface area contributed by atoms with Crippen LogP contribution in [0.1, 0.15) is 55.1 Å². The van der Waals surface area contributed by atoms with Crippen LogP contribution in [0.25, 0.3) is 6.08 Å². The quantitative estimate of drug-likeness (QED) is 0.498. The van der Waals surface area contributed by atoms with E-state index in [0.717, 1.165) is 11.1 Å². The highest BCUT2D eigenvalue weighted by molar-refractivity contribution is 6.05. The van der Waals surface area contributed by atoms with Gasteiger partial charge in [0.15, 0.2) is 0 Å². The maximum absolute atomic E-state index is 12.6. The van der Waals surface area contributed by atoms with Gasteiger partial charge in [-0.15, -0.1) is 0 Å². The Hall–Kier alpha value is -2.96. The van der Waals surface area contributed by atoms with Crippen molar-refractivity contribution in [3.8, 4) is 0 Å². The molecule has 3 amide bonds. The number of hydrogen-bond acceptors (Lipinski definition) is 5. The molecule has 0 aromatic heterocycles. The number of carbonyl (C=O) groups is 4. The van der Waals surface area contributed by atoms with Crippen molar-refractivity contribution in [3.63, 3.8) is 0 Å². The van der Waals surface area contributed by atoms with E-state index in [2.05, 4.69) is 5.32 Å². The Morgan fingerprint density at radius 3 is 2.67 bits per heavy atom. The number of benzene rings is 1. The number of amides is 3. The Labute approximate surface area is 157 Å². The number of hydrogen-bond donors (Lipinski definition) is 1. The molecule has 0 bridgehead atoms. The average Bonchev–Trinajstić information content (AvgIpc) is 2.88. The van der Waals surface area contributed by atoms with E-state index < -0.39 is 23.5 Å². The first kappa shape index (κ1) is 18.8. The molecule has 2 aliphatic rings. The second-order valence-corrected chi connectivity index (χ2v) is 7.68. The van der Waals surface area contributed by atoms with E-state index in [-0.39, 0.29) is 18.2 Å². The normalized spacial score (nSPS) is 20.0. The highest BCUT2D eigenvalue weighted by Crippen LogP contribution is 2.28. The predicted molar refractivity (Wildman–Crippen MR) is 97.4 cm³/mol. The molecular formula is C20H22N2O5. The predicted octanol–water partition coefficient (Wildman–Crippen LogP) is 1.80. The summed E-state index contributed by atoms with van der Waals surface area (Å²) in [5.41, 5.74) is 1.52. The maximum Gasteiger partial charge on any atom is 0.331 e. The van der Waals surface area contributed by atoms with Crippen LogP contribution in [0.2, 0.25) is 0 Å². The molecule has 1 atom stereocenters. The number of ether oxygens (including phenoxy) is 1. The molecule has 142 valence electrons. The van der Waals surface area contributed by atoms with E-state index in [1.54, 1.807) is 39.0 Å². The van der Waals surface area contributed by atoms with Crippen LogP contribution in [0.4, 0.5) is 0 Å². The molecule has 27 heavy (non-hydrogen) atoms. The lowest BCUT2D eigenvalue weighted by Crippen LogP contribution is -2.52. The lowest BCUT2D eigenvalue weighted by molar-refractivity contribution is -0.148. The molecule has 2 heterocycles. The number of nitrogens with one attached hydrogen (secondary N) is 1. The number of esters is 1. The molecule has 7 heteroatoms. The van der Waals surface area contributed by atoms with Gasteiger partial charge in [0.25, 0.3) is 5.91 Å². The number of carbonyl (C=O) groups excluding carboxylic acids is 4. The van der Waals surface area contributed by atoms with Crippen molar-refractivity contribution >= 4 is 29.8 Å². The average molecular weight is 370 g/mol. The highest BCUT2D eigenvalue weighted by Gasteiger charge is 2.38. The van der Waals surface area contributed by atoms with Crippen molar-refractivity contribution in [2.75, 3.05) is 0 Å². The molecule has 0 radical (unpaired) electrons. The topological polar surface area (TPSA) is 92.8 Å². The number of nitrogens with zero attached hydrogens (tertiary/aromatic N) is 1. The smallest absolute Gasteiger partial charge is 0.331 e. The van der Waals surface area contributed by atoms with Crippen LogP contribution in [0, 0.1) is 0 Å². The highest BCUT2D eigenvalue weighted by atomic mass is 16.6. The molecule has 0 spiro atoms. The first-order valence-electron chi connectivity index (χ1n) is 8.83. The molecule has 1 unspecified atom stereocenters. The van der Waals surface area contributed by atoms with E-state index >= 15 is 0 Å². The number of fused-ring (bicyclic) bond motifs is 1. The van der Waals surface area contributed by atoms with Gasteiger partial charge in [-0.3, -0.25) is 19.7 Å². The van der Waals surface area contributed by atoms with Gasteiger partial charge in [0.2, 0.25) is 11.8 Å². The molecule has 1 fully saturated rings. The van der Waals surface area contributed by atoms with Crippen LogP contribution >= 0.6 is 0 Å². The lowest BCUT2D eigenvalue weighted by Gasteiger charge is -2.29. The van der Waals surface area contributed by atoms with Gasteiger partial charge in [0.1, 0.15) is 11.6 Å². The molecule has 7 nitrogen and oxygen atoms in total. The molecule has 1 N–H and O–H groups in total. The SMILES string of the molecule is CC(C)(C)OC(=O)/C=C/c1ccc2c(c1)CN(C1CCC(=O)NC1=O)C2=O. The zero-order valence-electron chi connectivity index (χ0n) is 15.6. The number of imide groups is 1. The molecular weight excluding hydrogens is 348 g/mol. The van der Waals surface area contributed by atoms with Gasteiger partial charge < -0.3 is 9.64 Å². The van der Waals surface area contributed by atoms with Gasteiger partial charge >= 0.3 is 5.97 Å². The minimum atomic E-state index is -0.636. The van der Waals surface area contributed by atoms with Gasteiger partial charge in [-0.05, 0) is 56.5 Å². The summed E-state index contributed by atoms with van der Waals surface area (Å²) in [4.78, 5) is 49.3. The minimum absolute atomic E-state index is 0.220. The molecule has 0 aliphatic carbocycles. The molecule has 0 saturated carbocycles. The van der Waals surface area contributed by atoms with Crippen molar-refractivity contribution in [1.29, 1.82) is 0 Å². The third kappa shape index (κ3) is 4.24. The Morgan fingerprint density at radius 1 is 1.26 bits per heavy atom. The summed E-state index contributed by atoms with van der Waals surface area (Å²) in [5.74, 6) is -1.40. The Balaban J connectivity index is 1.73. The lowest BCUT2D eigenvalue weighted by atomic mass is 10.0. The zero-order valence-corrected chi connectivity index (χ0v) is 15.6. The van der Waals surface area contributed by atoms with Gasteiger partial charge in [-0.25, -0.2) is 4.79 Å². The van der Waals surface area contributed by atoms with E-state index in [1.807, 2.05) is 6.07 Å². The molecule has 2 aliphatic heterocycles. The van der Waals surface area contributed by atoms with Crippen molar-refractivity contribution in [2.45, 2.75) is 51.8 Å². The Bertz CT molecular complexity index is 850. The Morgan fingerprint density at radius 2 is 2.00 bits per heavy atom. The van der Waals surface area contributed by atoms with Gasteiger partial charge in [0, 0.05) is 24.6 Å². The molecule has 1 aromatic rings. The van der Waals surface area contributed by atoms with E-state index in [0.29, 0.717) is 18.5 Å². The van der Waals surface area contributed by atoms with Crippen molar-refractivity contribution in [3.05, 3.63) is 41.0 Å². The van der Waals surface area contributed by atoms with Crippen LogP contribution in [-0.2, 0) is 25.7 Å². The second-order valence-electron chi connectivity index (χ2n) is 7.68. The zero-order chi connectivity index (χ0) is 19.8. The van der Waals surface area contributed by atoms with Crippen LogP contribution in [0.3, 0.4) is 0 Å². The van der Waals surface area contributed by atoms with Crippen LogP contribution < -0.4 is 5.32 Å². The fourth-order valence-electron chi connectivity index (χ4n) is 3.20. The van der Waals surface area contributed by atoms with Gasteiger partial charge in [0.05, 0.1) is 0 Å². The third-order valence-electron chi connectivity index (χ3n) is 4.37. The monoisotopic (exact) mass is 370 g/mol. The van der Waals surface area contributed by atoms with Crippen LogP contribution in [0.15, 0.2) is 24.3 Å². The molecule has 1 saturated heterocycles. The summed E-state index contributed by atoms with van der Waals surface area (Å²) >= 11 is 0. The third-order valence-corrected chi connectivity index (χ3v) is 4.37. The van der Waals surface area contributed by atoms with E-state index in [4.69, 9.17) is 4.74 Å². The summed E-state index contributed by atoms with van der Waals surface area (Å²) < 4.78 is 5.23. The summed E-state index contributed by atoms with van der Waals surface area (Å²) in [6.45, 7) is 5.69. The summed E-state index contributed by atoms with van der Waals surface area (Å²) in [7, 11) is 0. The summed E-state index contributed by atoms with van der Waals surface area (Å²) in [6.07, 6.45) is 3.53. The van der Waals surface area contributed by atoms with Gasteiger partial charge in [-0.1, -0.05) is 6.07 Å². The molecule has 1 aromatic carbocycles. The van der Waals surface area contributed by atoms with E-state index in [9.17, 15) is 19.2 Å². The van der Waals surface area contributed by atoms with Crippen molar-refractivity contribution in [2.24, 2.45) is 0 Å². The van der Waals surface area contributed by atoms with Crippen molar-refractivity contribution < 1.29 is 23.9 Å². The number of rotatable bonds is 3. The standard InChI is InChI=1S/C20H22N2O5/c1-20(2,3)27-17(24)9-5-12-4-6-14-13(10-12)11-22(19(14)26)15-7-8-16(23)21-18(15)25/h4-6,9-10,15H,7-8,11H2,1-3H3,(H,21,23,25)/b9-5+. The first-order chi connectivity index (χ1) is 12.6. The van der Waals surface area contributed by atoms with Gasteiger partial charge in [-0.2, -0.15) is 0 Å².